The highest BCUT2D eigenvalue weighted by Crippen LogP contribution is 2.27. The topological polar surface area (TPSA) is 29.9 Å². The molecule has 1 aromatic heterocycles. The van der Waals surface area contributed by atoms with Gasteiger partial charge < -0.3 is 9.88 Å². The fraction of sp³-hybridized carbons (Fsp3) is 0.357. The molecular formula is C14H16FN3. The first-order valence-corrected chi connectivity index (χ1v) is 6.33. The standard InChI is InChI=1S/C14H16FN3/c15-12-2-1-3-13(8-12)18-10-17-9-14(18)11-4-6-16-7-5-11/h1-3,8-11,16H,4-7H2. The van der Waals surface area contributed by atoms with Crippen LogP contribution in [0.1, 0.15) is 24.5 Å². The van der Waals surface area contributed by atoms with E-state index in [1.807, 2.05) is 16.8 Å². The Labute approximate surface area is 106 Å². The first kappa shape index (κ1) is 11.4. The summed E-state index contributed by atoms with van der Waals surface area (Å²) in [4.78, 5) is 4.22. The summed E-state index contributed by atoms with van der Waals surface area (Å²) in [5, 5.41) is 3.36. The van der Waals surface area contributed by atoms with Crippen LogP contribution in [0.3, 0.4) is 0 Å². The predicted octanol–water partition coefficient (Wildman–Crippen LogP) is 2.48. The number of nitrogens with zero attached hydrogens (tertiary/aromatic N) is 2. The zero-order valence-electron chi connectivity index (χ0n) is 10.1. The van der Waals surface area contributed by atoms with Crippen molar-refractivity contribution in [2.24, 2.45) is 0 Å². The Kier molecular flexibility index (Phi) is 3.11. The number of nitrogens with one attached hydrogen (secondary N) is 1. The molecular weight excluding hydrogens is 229 g/mol. The summed E-state index contributed by atoms with van der Waals surface area (Å²) in [7, 11) is 0. The highest BCUT2D eigenvalue weighted by molar-refractivity contribution is 5.35. The summed E-state index contributed by atoms with van der Waals surface area (Å²) < 4.78 is 15.3. The summed E-state index contributed by atoms with van der Waals surface area (Å²) in [6, 6.07) is 6.66. The number of halogens is 1. The van der Waals surface area contributed by atoms with Crippen LogP contribution in [0, 0.1) is 5.82 Å². The summed E-state index contributed by atoms with van der Waals surface area (Å²) in [6.07, 6.45) is 5.90. The van der Waals surface area contributed by atoms with E-state index in [-0.39, 0.29) is 5.82 Å². The highest BCUT2D eigenvalue weighted by atomic mass is 19.1. The Morgan fingerprint density at radius 2 is 2.11 bits per heavy atom. The van der Waals surface area contributed by atoms with Crippen molar-refractivity contribution in [3.8, 4) is 5.69 Å². The molecule has 1 saturated heterocycles. The van der Waals surface area contributed by atoms with Crippen LogP contribution in [0.5, 0.6) is 0 Å². The minimum atomic E-state index is -0.211. The van der Waals surface area contributed by atoms with Gasteiger partial charge in [-0.15, -0.1) is 0 Å². The second kappa shape index (κ2) is 4.90. The molecule has 1 aromatic carbocycles. The average Bonchev–Trinajstić information content (AvgIpc) is 2.89. The fourth-order valence-corrected chi connectivity index (χ4v) is 2.57. The number of piperidine rings is 1. The lowest BCUT2D eigenvalue weighted by atomic mass is 9.95. The van der Waals surface area contributed by atoms with Gasteiger partial charge in [0.15, 0.2) is 0 Å². The first-order valence-electron chi connectivity index (χ1n) is 6.33. The van der Waals surface area contributed by atoms with Crippen molar-refractivity contribution in [2.75, 3.05) is 13.1 Å². The molecule has 3 nitrogen and oxygen atoms in total. The largest absolute Gasteiger partial charge is 0.317 e. The van der Waals surface area contributed by atoms with E-state index in [9.17, 15) is 4.39 Å². The third-order valence-electron chi connectivity index (χ3n) is 3.51. The van der Waals surface area contributed by atoms with Crippen LogP contribution < -0.4 is 5.32 Å². The molecule has 1 N–H and O–H groups in total. The zero-order chi connectivity index (χ0) is 12.4. The van der Waals surface area contributed by atoms with Crippen LogP contribution in [-0.4, -0.2) is 22.6 Å². The van der Waals surface area contributed by atoms with Crippen molar-refractivity contribution in [1.29, 1.82) is 0 Å². The van der Waals surface area contributed by atoms with Gasteiger partial charge in [-0.25, -0.2) is 9.37 Å². The first-order chi connectivity index (χ1) is 8.84. The van der Waals surface area contributed by atoms with Crippen LogP contribution in [-0.2, 0) is 0 Å². The number of imidazole rings is 1. The van der Waals surface area contributed by atoms with Crippen molar-refractivity contribution in [1.82, 2.24) is 14.9 Å². The van der Waals surface area contributed by atoms with Crippen LogP contribution in [0.2, 0.25) is 0 Å². The van der Waals surface area contributed by atoms with Gasteiger partial charge in [-0.2, -0.15) is 0 Å². The third-order valence-corrected chi connectivity index (χ3v) is 3.51. The van der Waals surface area contributed by atoms with Gasteiger partial charge in [0.25, 0.3) is 0 Å². The van der Waals surface area contributed by atoms with Gasteiger partial charge in [0.2, 0.25) is 0 Å². The van der Waals surface area contributed by atoms with E-state index in [1.54, 1.807) is 18.5 Å². The third kappa shape index (κ3) is 2.16. The summed E-state index contributed by atoms with van der Waals surface area (Å²) >= 11 is 0. The van der Waals surface area contributed by atoms with Crippen LogP contribution in [0.15, 0.2) is 36.8 Å². The maximum atomic E-state index is 13.3. The smallest absolute Gasteiger partial charge is 0.125 e. The predicted molar refractivity (Wildman–Crippen MR) is 68.4 cm³/mol. The molecule has 0 amide bonds. The Balaban J connectivity index is 1.95. The number of benzene rings is 1. The maximum Gasteiger partial charge on any atom is 0.125 e. The quantitative estimate of drug-likeness (QED) is 0.881. The monoisotopic (exact) mass is 245 g/mol. The second-order valence-electron chi connectivity index (χ2n) is 4.69. The van der Waals surface area contributed by atoms with E-state index < -0.39 is 0 Å². The van der Waals surface area contributed by atoms with E-state index in [1.165, 1.54) is 11.8 Å². The summed E-state index contributed by atoms with van der Waals surface area (Å²) in [5.74, 6) is 0.300. The van der Waals surface area contributed by atoms with E-state index in [4.69, 9.17) is 0 Å². The zero-order valence-corrected chi connectivity index (χ0v) is 10.1. The van der Waals surface area contributed by atoms with Gasteiger partial charge in [0.05, 0.1) is 6.33 Å². The van der Waals surface area contributed by atoms with E-state index in [0.717, 1.165) is 31.6 Å². The number of hydrogen-bond acceptors (Lipinski definition) is 2. The van der Waals surface area contributed by atoms with Gasteiger partial charge in [-0.05, 0) is 44.1 Å². The minimum Gasteiger partial charge on any atom is -0.317 e. The van der Waals surface area contributed by atoms with Crippen molar-refractivity contribution in [3.63, 3.8) is 0 Å². The lowest BCUT2D eigenvalue weighted by molar-refractivity contribution is 0.449. The normalized spacial score (nSPS) is 16.9. The summed E-state index contributed by atoms with van der Waals surface area (Å²) in [5.41, 5.74) is 2.03. The van der Waals surface area contributed by atoms with Crippen LogP contribution in [0.25, 0.3) is 5.69 Å². The Morgan fingerprint density at radius 1 is 1.28 bits per heavy atom. The summed E-state index contributed by atoms with van der Waals surface area (Å²) in [6.45, 7) is 2.08. The number of hydrogen-bond donors (Lipinski definition) is 1. The van der Waals surface area contributed by atoms with Gasteiger partial charge in [0.1, 0.15) is 5.82 Å². The van der Waals surface area contributed by atoms with Crippen molar-refractivity contribution >= 4 is 0 Å². The molecule has 0 unspecified atom stereocenters. The average molecular weight is 245 g/mol. The van der Waals surface area contributed by atoms with Crippen LogP contribution in [0.4, 0.5) is 4.39 Å². The molecule has 2 heterocycles. The molecule has 4 heteroatoms. The Bertz CT molecular complexity index is 529. The molecule has 0 aliphatic carbocycles. The molecule has 1 aliphatic rings. The SMILES string of the molecule is Fc1cccc(-n2cncc2C2CCNCC2)c1. The van der Waals surface area contributed by atoms with E-state index in [2.05, 4.69) is 10.3 Å². The molecule has 0 saturated carbocycles. The molecule has 1 aliphatic heterocycles. The molecule has 0 spiro atoms. The number of rotatable bonds is 2. The lowest BCUT2D eigenvalue weighted by Gasteiger charge is -2.23. The minimum absolute atomic E-state index is 0.211. The van der Waals surface area contributed by atoms with E-state index >= 15 is 0 Å². The lowest BCUT2D eigenvalue weighted by Crippen LogP contribution is -2.27. The Morgan fingerprint density at radius 3 is 2.89 bits per heavy atom. The second-order valence-corrected chi connectivity index (χ2v) is 4.69. The Hall–Kier alpha value is -1.68. The van der Waals surface area contributed by atoms with E-state index in [0.29, 0.717) is 5.92 Å². The molecule has 0 bridgehead atoms. The van der Waals surface area contributed by atoms with Gasteiger partial charge >= 0.3 is 0 Å². The maximum absolute atomic E-state index is 13.3. The number of aromatic nitrogens is 2. The van der Waals surface area contributed by atoms with Crippen molar-refractivity contribution < 1.29 is 4.39 Å². The van der Waals surface area contributed by atoms with Crippen molar-refractivity contribution in [2.45, 2.75) is 18.8 Å². The fourth-order valence-electron chi connectivity index (χ4n) is 2.57. The molecule has 0 atom stereocenters. The molecule has 2 aromatic rings. The molecule has 94 valence electrons. The van der Waals surface area contributed by atoms with Crippen molar-refractivity contribution in [3.05, 3.63) is 48.3 Å². The van der Waals surface area contributed by atoms with Crippen LogP contribution >= 0.6 is 0 Å². The van der Waals surface area contributed by atoms with Gasteiger partial charge in [0, 0.05) is 23.5 Å². The molecule has 0 radical (unpaired) electrons. The van der Waals surface area contributed by atoms with Gasteiger partial charge in [-0.3, -0.25) is 0 Å². The highest BCUT2D eigenvalue weighted by Gasteiger charge is 2.19. The molecule has 18 heavy (non-hydrogen) atoms. The van der Waals surface area contributed by atoms with Gasteiger partial charge in [-0.1, -0.05) is 6.07 Å². The molecule has 3 rings (SSSR count). The molecule has 1 fully saturated rings.